The molecule has 0 fully saturated rings. The maximum atomic E-state index is 11.3. The Morgan fingerprint density at radius 2 is 2.29 bits per heavy atom. The monoisotopic (exact) mass is 299 g/mol. The predicted molar refractivity (Wildman–Crippen MR) is 60.8 cm³/mol. The second-order valence-electron chi connectivity index (χ2n) is 2.64. The van der Waals surface area contributed by atoms with E-state index >= 15 is 0 Å². The van der Waals surface area contributed by atoms with Crippen LogP contribution in [0.5, 0.6) is 0 Å². The molecule has 0 aromatic carbocycles. The van der Waals surface area contributed by atoms with Crippen LogP contribution < -0.4 is 5.56 Å². The molecular weight excluding hydrogens is 293 g/mol. The number of hydrogen-bond acceptors (Lipinski definition) is 3. The minimum atomic E-state index is -0.126. The van der Waals surface area contributed by atoms with E-state index in [2.05, 4.69) is 15.0 Å². The third kappa shape index (κ3) is 1.67. The Morgan fingerprint density at radius 1 is 1.43 bits per heavy atom. The molecule has 1 N–H and O–H groups in total. The number of pyridine rings is 1. The molecule has 0 bridgehead atoms. The van der Waals surface area contributed by atoms with Crippen molar-refractivity contribution < 1.29 is 0 Å². The molecule has 14 heavy (non-hydrogen) atoms. The summed E-state index contributed by atoms with van der Waals surface area (Å²) in [5.41, 5.74) is 1.39. The summed E-state index contributed by atoms with van der Waals surface area (Å²) in [6.45, 7) is 0. The summed E-state index contributed by atoms with van der Waals surface area (Å²) in [6, 6.07) is 3.69. The number of H-pyrrole nitrogens is 1. The van der Waals surface area contributed by atoms with Crippen LogP contribution >= 0.6 is 22.6 Å². The summed E-state index contributed by atoms with van der Waals surface area (Å²) in [5.74, 6) is 0. The summed E-state index contributed by atoms with van der Waals surface area (Å²) in [6.07, 6.45) is 4.76. The summed E-state index contributed by atoms with van der Waals surface area (Å²) >= 11 is 1.97. The Kier molecular flexibility index (Phi) is 2.58. The molecule has 0 aliphatic heterocycles. The van der Waals surface area contributed by atoms with E-state index in [4.69, 9.17) is 0 Å². The molecule has 0 unspecified atom stereocenters. The molecular formula is C9H6IN3O. The third-order valence-corrected chi connectivity index (χ3v) is 2.73. The van der Waals surface area contributed by atoms with Gasteiger partial charge in [0.15, 0.2) is 0 Å². The van der Waals surface area contributed by atoms with E-state index < -0.39 is 0 Å². The van der Waals surface area contributed by atoms with Crippen molar-refractivity contribution in [3.05, 3.63) is 44.8 Å². The first kappa shape index (κ1) is 9.32. The number of nitrogens with zero attached hydrogens (tertiary/aromatic N) is 2. The lowest BCUT2D eigenvalue weighted by molar-refractivity contribution is 1.10. The molecule has 0 atom stereocenters. The lowest BCUT2D eigenvalue weighted by Gasteiger charge is -2.00. The second-order valence-corrected chi connectivity index (χ2v) is 3.71. The van der Waals surface area contributed by atoms with Gasteiger partial charge in [-0.3, -0.25) is 9.78 Å². The number of aromatic nitrogens is 3. The van der Waals surface area contributed by atoms with Crippen molar-refractivity contribution in [1.82, 2.24) is 15.0 Å². The van der Waals surface area contributed by atoms with Crippen molar-refractivity contribution in [3.63, 3.8) is 0 Å². The van der Waals surface area contributed by atoms with E-state index in [1.54, 1.807) is 12.4 Å². The highest BCUT2D eigenvalue weighted by molar-refractivity contribution is 14.1. The van der Waals surface area contributed by atoms with Crippen LogP contribution in [-0.4, -0.2) is 15.0 Å². The highest BCUT2D eigenvalue weighted by Crippen LogP contribution is 2.17. The quantitative estimate of drug-likeness (QED) is 0.811. The van der Waals surface area contributed by atoms with Gasteiger partial charge in [-0.15, -0.1) is 0 Å². The molecule has 0 saturated carbocycles. The van der Waals surface area contributed by atoms with Gasteiger partial charge in [-0.1, -0.05) is 0 Å². The average Bonchev–Trinajstić information content (AvgIpc) is 2.23. The number of hydrogen-bond donors (Lipinski definition) is 1. The molecule has 0 saturated heterocycles. The molecule has 5 heteroatoms. The van der Waals surface area contributed by atoms with Gasteiger partial charge < -0.3 is 4.98 Å². The summed E-state index contributed by atoms with van der Waals surface area (Å²) < 4.78 is 0.582. The largest absolute Gasteiger partial charge is 0.312 e. The van der Waals surface area contributed by atoms with Crippen molar-refractivity contribution in [2.75, 3.05) is 0 Å². The second kappa shape index (κ2) is 3.87. The molecule has 0 amide bonds. The van der Waals surface area contributed by atoms with Gasteiger partial charge in [0.1, 0.15) is 3.57 Å². The third-order valence-electron chi connectivity index (χ3n) is 1.73. The van der Waals surface area contributed by atoms with Crippen molar-refractivity contribution in [1.29, 1.82) is 0 Å². The van der Waals surface area contributed by atoms with Crippen molar-refractivity contribution in [2.24, 2.45) is 0 Å². The summed E-state index contributed by atoms with van der Waals surface area (Å²) in [7, 11) is 0. The normalized spacial score (nSPS) is 10.1. The number of aromatic amines is 1. The summed E-state index contributed by atoms with van der Waals surface area (Å²) in [4.78, 5) is 21.9. The average molecular weight is 299 g/mol. The fraction of sp³-hybridized carbons (Fsp3) is 0. The minimum absolute atomic E-state index is 0.126. The Morgan fingerprint density at radius 3 is 3.00 bits per heavy atom. The van der Waals surface area contributed by atoms with E-state index in [0.29, 0.717) is 9.26 Å². The number of rotatable bonds is 1. The first-order valence-corrected chi connectivity index (χ1v) is 5.00. The molecule has 0 spiro atoms. The molecule has 0 radical (unpaired) electrons. The van der Waals surface area contributed by atoms with Crippen LogP contribution in [0.2, 0.25) is 0 Å². The van der Waals surface area contributed by atoms with Crippen LogP contribution in [0.3, 0.4) is 0 Å². The molecule has 2 aromatic rings. The fourth-order valence-corrected chi connectivity index (χ4v) is 1.69. The Balaban J connectivity index is 2.64. The first-order chi connectivity index (χ1) is 6.79. The van der Waals surface area contributed by atoms with E-state index in [1.807, 2.05) is 34.7 Å². The van der Waals surface area contributed by atoms with Crippen LogP contribution in [0.4, 0.5) is 0 Å². The molecule has 4 nitrogen and oxygen atoms in total. The van der Waals surface area contributed by atoms with Gasteiger partial charge >= 0.3 is 0 Å². The van der Waals surface area contributed by atoms with Crippen LogP contribution in [0.1, 0.15) is 0 Å². The van der Waals surface area contributed by atoms with Gasteiger partial charge in [-0.2, -0.15) is 0 Å². The SMILES string of the molecule is O=c1[nH]cnc(-c2cccnc2)c1I. The number of nitrogens with one attached hydrogen (secondary N) is 1. The first-order valence-electron chi connectivity index (χ1n) is 3.92. The Labute approximate surface area is 93.6 Å². The highest BCUT2D eigenvalue weighted by Gasteiger charge is 2.06. The van der Waals surface area contributed by atoms with Crippen LogP contribution in [-0.2, 0) is 0 Å². The smallest absolute Gasteiger partial charge is 0.264 e. The molecule has 70 valence electrons. The van der Waals surface area contributed by atoms with E-state index in [0.717, 1.165) is 5.56 Å². The predicted octanol–water partition coefficient (Wildman–Crippen LogP) is 1.44. The maximum absolute atomic E-state index is 11.3. The Hall–Kier alpha value is -1.24. The van der Waals surface area contributed by atoms with Gasteiger partial charge in [-0.05, 0) is 34.7 Å². The van der Waals surface area contributed by atoms with Gasteiger partial charge in [0.2, 0.25) is 0 Å². The lowest BCUT2D eigenvalue weighted by atomic mass is 10.2. The van der Waals surface area contributed by atoms with Gasteiger partial charge in [0, 0.05) is 18.0 Å². The number of halogens is 1. The van der Waals surface area contributed by atoms with Crippen molar-refractivity contribution in [2.45, 2.75) is 0 Å². The highest BCUT2D eigenvalue weighted by atomic mass is 127. The van der Waals surface area contributed by atoms with Crippen LogP contribution in [0.15, 0.2) is 35.6 Å². The van der Waals surface area contributed by atoms with Crippen molar-refractivity contribution in [3.8, 4) is 11.3 Å². The fourth-order valence-electron chi connectivity index (χ4n) is 1.09. The van der Waals surface area contributed by atoms with E-state index in [-0.39, 0.29) is 5.56 Å². The maximum Gasteiger partial charge on any atom is 0.264 e. The van der Waals surface area contributed by atoms with Crippen LogP contribution in [0.25, 0.3) is 11.3 Å². The zero-order valence-corrected chi connectivity index (χ0v) is 9.22. The van der Waals surface area contributed by atoms with E-state index in [9.17, 15) is 4.79 Å². The summed E-state index contributed by atoms with van der Waals surface area (Å²) in [5, 5.41) is 0. The van der Waals surface area contributed by atoms with E-state index in [1.165, 1.54) is 6.33 Å². The zero-order valence-electron chi connectivity index (χ0n) is 7.07. The molecule has 2 aromatic heterocycles. The topological polar surface area (TPSA) is 58.6 Å². The molecule has 0 aliphatic carbocycles. The van der Waals surface area contributed by atoms with Gasteiger partial charge in [0.25, 0.3) is 5.56 Å². The Bertz CT molecular complexity index is 495. The van der Waals surface area contributed by atoms with Gasteiger partial charge in [-0.25, -0.2) is 4.98 Å². The van der Waals surface area contributed by atoms with Crippen molar-refractivity contribution >= 4 is 22.6 Å². The molecule has 0 aliphatic rings. The van der Waals surface area contributed by atoms with Crippen LogP contribution in [0, 0.1) is 3.57 Å². The minimum Gasteiger partial charge on any atom is -0.312 e. The standard InChI is InChI=1S/C9H6IN3O/c10-7-8(12-5-13-9(7)14)6-2-1-3-11-4-6/h1-5H,(H,12,13,14). The zero-order chi connectivity index (χ0) is 9.97. The molecule has 2 heterocycles. The van der Waals surface area contributed by atoms with Gasteiger partial charge in [0.05, 0.1) is 12.0 Å². The lowest BCUT2D eigenvalue weighted by Crippen LogP contribution is -2.11. The molecule has 2 rings (SSSR count).